The van der Waals surface area contributed by atoms with Crippen molar-refractivity contribution in [3.05, 3.63) is 29.6 Å². The molecule has 1 heterocycles. The smallest absolute Gasteiger partial charge is 0.406 e. The quantitative estimate of drug-likeness (QED) is 0.934. The molecule has 0 radical (unpaired) electrons. The molecule has 2 aromatic rings. The highest BCUT2D eigenvalue weighted by Crippen LogP contribution is 2.26. The second-order valence-corrected chi connectivity index (χ2v) is 4.06. The van der Waals surface area contributed by atoms with Crippen LogP contribution in [0.15, 0.2) is 18.2 Å². The van der Waals surface area contributed by atoms with Crippen LogP contribution < -0.4 is 0 Å². The van der Waals surface area contributed by atoms with Crippen molar-refractivity contribution < 1.29 is 23.1 Å². The molecule has 19 heavy (non-hydrogen) atoms. The van der Waals surface area contributed by atoms with Gasteiger partial charge in [-0.3, -0.25) is 0 Å². The molecule has 1 aromatic heterocycles. The topological polar surface area (TPSA) is 55.1 Å². The van der Waals surface area contributed by atoms with Crippen LogP contribution in [-0.4, -0.2) is 26.8 Å². The monoisotopic (exact) mass is 272 g/mol. The summed E-state index contributed by atoms with van der Waals surface area (Å²) in [5.41, 5.74) is 0.110. The van der Waals surface area contributed by atoms with Gasteiger partial charge in [0.05, 0.1) is 16.6 Å². The number of benzene rings is 1. The van der Waals surface area contributed by atoms with Crippen molar-refractivity contribution in [2.75, 3.05) is 0 Å². The Kier molecular flexibility index (Phi) is 3.21. The molecule has 0 aliphatic carbocycles. The van der Waals surface area contributed by atoms with Gasteiger partial charge in [-0.2, -0.15) is 13.2 Å². The number of rotatable bonds is 3. The average molecular weight is 272 g/mol. The zero-order chi connectivity index (χ0) is 14.2. The van der Waals surface area contributed by atoms with Gasteiger partial charge >= 0.3 is 12.1 Å². The molecule has 0 fully saturated rings. The molecular weight excluding hydrogens is 261 g/mol. The largest absolute Gasteiger partial charge is 0.478 e. The minimum absolute atomic E-state index is 0.0178. The first-order valence-electron chi connectivity index (χ1n) is 5.61. The molecule has 0 atom stereocenters. The number of nitrogens with zero attached hydrogens (tertiary/aromatic N) is 2. The van der Waals surface area contributed by atoms with Crippen LogP contribution >= 0.6 is 0 Å². The summed E-state index contributed by atoms with van der Waals surface area (Å²) >= 11 is 0. The van der Waals surface area contributed by atoms with Gasteiger partial charge < -0.3 is 9.67 Å². The minimum atomic E-state index is -4.43. The molecule has 102 valence electrons. The first kappa shape index (κ1) is 13.4. The molecule has 0 aliphatic heterocycles. The number of para-hydroxylation sites is 1. The first-order valence-corrected chi connectivity index (χ1v) is 5.61. The number of hydrogen-bond donors (Lipinski definition) is 1. The lowest BCUT2D eigenvalue weighted by Gasteiger charge is -2.12. The normalized spacial score (nSPS) is 12.0. The van der Waals surface area contributed by atoms with Gasteiger partial charge in [-0.25, -0.2) is 9.78 Å². The molecule has 0 saturated heterocycles. The summed E-state index contributed by atoms with van der Waals surface area (Å²) in [6, 6.07) is 4.25. The van der Waals surface area contributed by atoms with Gasteiger partial charge in [0.25, 0.3) is 0 Å². The Hall–Kier alpha value is -2.05. The lowest BCUT2D eigenvalue weighted by molar-refractivity contribution is -0.140. The third-order valence-corrected chi connectivity index (χ3v) is 2.73. The number of halogens is 3. The molecule has 0 amide bonds. The molecule has 0 saturated carbocycles. The number of aryl methyl sites for hydroxylation is 1. The number of carboxylic acids is 1. The van der Waals surface area contributed by atoms with Crippen LogP contribution in [0, 0.1) is 0 Å². The zero-order valence-corrected chi connectivity index (χ0v) is 10.0. The SMILES string of the molecule is CCc1nc2cccc(C(=O)O)c2n1CC(F)(F)F. The number of hydrogen-bond acceptors (Lipinski definition) is 2. The van der Waals surface area contributed by atoms with E-state index in [-0.39, 0.29) is 22.4 Å². The fourth-order valence-electron chi connectivity index (χ4n) is 2.03. The van der Waals surface area contributed by atoms with E-state index in [0.29, 0.717) is 6.42 Å². The lowest BCUT2D eigenvalue weighted by atomic mass is 10.2. The van der Waals surface area contributed by atoms with E-state index in [4.69, 9.17) is 5.11 Å². The van der Waals surface area contributed by atoms with Crippen LogP contribution in [0.5, 0.6) is 0 Å². The molecule has 0 aliphatic rings. The highest BCUT2D eigenvalue weighted by atomic mass is 19.4. The zero-order valence-electron chi connectivity index (χ0n) is 10.0. The molecule has 7 heteroatoms. The van der Waals surface area contributed by atoms with Crippen molar-refractivity contribution >= 4 is 17.0 Å². The van der Waals surface area contributed by atoms with E-state index < -0.39 is 18.7 Å². The summed E-state index contributed by atoms with van der Waals surface area (Å²) in [6.07, 6.45) is -4.13. The average Bonchev–Trinajstić information content (AvgIpc) is 2.65. The van der Waals surface area contributed by atoms with Crippen LogP contribution in [0.2, 0.25) is 0 Å². The van der Waals surface area contributed by atoms with Crippen LogP contribution in [0.4, 0.5) is 13.2 Å². The maximum atomic E-state index is 12.6. The maximum Gasteiger partial charge on any atom is 0.406 e. The van der Waals surface area contributed by atoms with E-state index in [2.05, 4.69) is 4.98 Å². The Morgan fingerprint density at radius 2 is 2.11 bits per heavy atom. The van der Waals surface area contributed by atoms with Gasteiger partial charge in [0.2, 0.25) is 0 Å². The fraction of sp³-hybridized carbons (Fsp3) is 0.333. The van der Waals surface area contributed by atoms with Crippen LogP contribution in [0.25, 0.3) is 11.0 Å². The number of aromatic carboxylic acids is 1. The van der Waals surface area contributed by atoms with E-state index in [1.807, 2.05) is 0 Å². The maximum absolute atomic E-state index is 12.6. The number of alkyl halides is 3. The van der Waals surface area contributed by atoms with Crippen molar-refractivity contribution in [2.24, 2.45) is 0 Å². The van der Waals surface area contributed by atoms with Crippen molar-refractivity contribution in [1.82, 2.24) is 9.55 Å². The Morgan fingerprint density at radius 3 is 2.63 bits per heavy atom. The predicted octanol–water partition coefficient (Wildman–Crippen LogP) is 2.86. The van der Waals surface area contributed by atoms with Gasteiger partial charge in [0.15, 0.2) is 0 Å². The van der Waals surface area contributed by atoms with E-state index in [1.54, 1.807) is 6.92 Å². The molecule has 4 nitrogen and oxygen atoms in total. The number of carbonyl (C=O) groups is 1. The summed E-state index contributed by atoms with van der Waals surface area (Å²) in [4.78, 5) is 15.2. The Bertz CT molecular complexity index is 632. The molecule has 0 bridgehead atoms. The summed E-state index contributed by atoms with van der Waals surface area (Å²) in [5, 5.41) is 9.07. The summed E-state index contributed by atoms with van der Waals surface area (Å²) in [7, 11) is 0. The predicted molar refractivity (Wildman–Crippen MR) is 62.1 cm³/mol. The van der Waals surface area contributed by atoms with E-state index in [1.165, 1.54) is 18.2 Å². The highest BCUT2D eigenvalue weighted by molar-refractivity contribution is 6.01. The van der Waals surface area contributed by atoms with E-state index in [9.17, 15) is 18.0 Å². The van der Waals surface area contributed by atoms with Gasteiger partial charge in [-0.05, 0) is 12.1 Å². The van der Waals surface area contributed by atoms with Gasteiger partial charge in [-0.15, -0.1) is 0 Å². The van der Waals surface area contributed by atoms with Gasteiger partial charge in [0, 0.05) is 6.42 Å². The number of fused-ring (bicyclic) bond motifs is 1. The van der Waals surface area contributed by atoms with Gasteiger partial charge in [-0.1, -0.05) is 13.0 Å². The van der Waals surface area contributed by atoms with Crippen molar-refractivity contribution in [3.8, 4) is 0 Å². The summed E-state index contributed by atoms with van der Waals surface area (Å²) in [5.74, 6) is -1.04. The number of carboxylic acid groups (broad SMARTS) is 1. The third kappa shape index (κ3) is 2.54. The van der Waals surface area contributed by atoms with Crippen molar-refractivity contribution in [2.45, 2.75) is 26.1 Å². The van der Waals surface area contributed by atoms with Crippen molar-refractivity contribution in [3.63, 3.8) is 0 Å². The first-order chi connectivity index (χ1) is 8.83. The second-order valence-electron chi connectivity index (χ2n) is 4.06. The lowest BCUT2D eigenvalue weighted by Crippen LogP contribution is -2.20. The van der Waals surface area contributed by atoms with E-state index >= 15 is 0 Å². The standard InChI is InChI=1S/C12H11F3N2O2/c1-2-9-16-8-5-3-4-7(11(18)19)10(8)17(9)6-12(13,14)15/h3-5H,2,6H2,1H3,(H,18,19). The molecule has 1 N–H and O–H groups in total. The van der Waals surface area contributed by atoms with Crippen LogP contribution in [0.3, 0.4) is 0 Å². The highest BCUT2D eigenvalue weighted by Gasteiger charge is 2.31. The summed E-state index contributed by atoms with van der Waals surface area (Å²) in [6.45, 7) is 0.436. The number of aromatic nitrogens is 2. The van der Waals surface area contributed by atoms with Gasteiger partial charge in [0.1, 0.15) is 12.4 Å². The molecule has 0 unspecified atom stereocenters. The van der Waals surface area contributed by atoms with Crippen LogP contribution in [0.1, 0.15) is 23.1 Å². The van der Waals surface area contributed by atoms with Crippen LogP contribution in [-0.2, 0) is 13.0 Å². The molecule has 1 aromatic carbocycles. The third-order valence-electron chi connectivity index (χ3n) is 2.73. The summed E-state index contributed by atoms with van der Waals surface area (Å²) < 4.78 is 38.7. The Labute approximate surface area is 106 Å². The molecular formula is C12H11F3N2O2. The second kappa shape index (κ2) is 4.56. The minimum Gasteiger partial charge on any atom is -0.478 e. The Morgan fingerprint density at radius 1 is 1.42 bits per heavy atom. The fourth-order valence-corrected chi connectivity index (χ4v) is 2.03. The van der Waals surface area contributed by atoms with E-state index in [0.717, 1.165) is 4.57 Å². The van der Waals surface area contributed by atoms with Crippen molar-refractivity contribution in [1.29, 1.82) is 0 Å². The molecule has 2 rings (SSSR count). The molecule has 0 spiro atoms. The number of imidazole rings is 1. The Balaban J connectivity index is 2.74.